The van der Waals surface area contributed by atoms with Gasteiger partial charge in [0.2, 0.25) is 17.7 Å². The van der Waals surface area contributed by atoms with Gasteiger partial charge in [0.25, 0.3) is 0 Å². The highest BCUT2D eigenvalue weighted by Crippen LogP contribution is 2.42. The molecule has 0 bridgehead atoms. The van der Waals surface area contributed by atoms with Gasteiger partial charge in [0.15, 0.2) is 5.66 Å². The summed E-state index contributed by atoms with van der Waals surface area (Å²) in [4.78, 5) is 48.8. The average molecular weight is 763 g/mol. The minimum Gasteiger partial charge on any atom is -0.480 e. The van der Waals surface area contributed by atoms with Crippen LogP contribution in [0.15, 0.2) is 49.1 Å². The second-order valence-electron chi connectivity index (χ2n) is 6.84. The van der Waals surface area contributed by atoms with Crippen molar-refractivity contribution in [2.24, 2.45) is 0 Å². The molecular formula is C20H20I3N3O5. The van der Waals surface area contributed by atoms with Gasteiger partial charge in [0.1, 0.15) is 6.04 Å². The molecule has 0 heterocycles. The van der Waals surface area contributed by atoms with Gasteiger partial charge in [-0.2, -0.15) is 0 Å². The zero-order chi connectivity index (χ0) is 23.3. The Morgan fingerprint density at radius 1 is 1.06 bits per heavy atom. The molecule has 3 amide bonds. The monoisotopic (exact) mass is 763 g/mol. The van der Waals surface area contributed by atoms with Crippen LogP contribution in [0.2, 0.25) is 0 Å². The normalized spacial score (nSPS) is 18.5. The number of aliphatic carboxylic acids is 1. The van der Waals surface area contributed by atoms with E-state index in [0.717, 1.165) is 5.56 Å². The molecule has 8 nitrogen and oxygen atoms in total. The predicted molar refractivity (Wildman–Crippen MR) is 141 cm³/mol. The van der Waals surface area contributed by atoms with Gasteiger partial charge in [-0.15, -0.1) is 0 Å². The molecule has 0 aliphatic heterocycles. The smallest absolute Gasteiger partial charge is 0.326 e. The lowest BCUT2D eigenvalue weighted by Gasteiger charge is -2.42. The van der Waals surface area contributed by atoms with E-state index >= 15 is 0 Å². The summed E-state index contributed by atoms with van der Waals surface area (Å²) < 4.78 is 0.525. The van der Waals surface area contributed by atoms with Crippen LogP contribution in [0.1, 0.15) is 19.4 Å². The SMILES string of the molecule is CC(=O)NC1(NC(C)=O)C(I)=CC(I)=C(C(=O)N[C@@H](Cc2ccccc2)C(=O)O)C1I. The fourth-order valence-electron chi connectivity index (χ4n) is 3.10. The van der Waals surface area contributed by atoms with Crippen molar-refractivity contribution in [1.29, 1.82) is 0 Å². The van der Waals surface area contributed by atoms with Gasteiger partial charge >= 0.3 is 5.97 Å². The van der Waals surface area contributed by atoms with Crippen LogP contribution in [0.4, 0.5) is 0 Å². The molecule has 0 radical (unpaired) electrons. The molecule has 4 N–H and O–H groups in total. The maximum absolute atomic E-state index is 13.2. The van der Waals surface area contributed by atoms with E-state index in [4.69, 9.17) is 0 Å². The van der Waals surface area contributed by atoms with Crippen molar-refractivity contribution in [3.8, 4) is 0 Å². The van der Waals surface area contributed by atoms with Crippen LogP contribution in [0.3, 0.4) is 0 Å². The molecule has 1 aliphatic rings. The Morgan fingerprint density at radius 2 is 1.61 bits per heavy atom. The molecule has 2 atom stereocenters. The van der Waals surface area contributed by atoms with Gasteiger partial charge in [-0.1, -0.05) is 52.9 Å². The summed E-state index contributed by atoms with van der Waals surface area (Å²) in [5.41, 5.74) is -0.282. The second-order valence-corrected chi connectivity index (χ2v) is 10.4. The molecule has 1 aromatic rings. The van der Waals surface area contributed by atoms with Gasteiger partial charge < -0.3 is 21.1 Å². The molecular weight excluding hydrogens is 743 g/mol. The molecule has 0 saturated carbocycles. The number of halogens is 3. The number of amides is 3. The lowest BCUT2D eigenvalue weighted by Crippen LogP contribution is -2.67. The van der Waals surface area contributed by atoms with Crippen LogP contribution in [-0.4, -0.2) is 44.4 Å². The number of carbonyl (C=O) groups is 4. The van der Waals surface area contributed by atoms with E-state index < -0.39 is 27.5 Å². The van der Waals surface area contributed by atoms with Crippen LogP contribution in [0.5, 0.6) is 0 Å². The Bertz CT molecular complexity index is 946. The summed E-state index contributed by atoms with van der Waals surface area (Å²) >= 11 is 6.00. The first kappa shape index (κ1) is 26.0. The summed E-state index contributed by atoms with van der Waals surface area (Å²) in [5, 5.41) is 17.7. The molecule has 0 saturated heterocycles. The quantitative estimate of drug-likeness (QED) is 0.193. The molecule has 1 unspecified atom stereocenters. The largest absolute Gasteiger partial charge is 0.480 e. The first-order valence-corrected chi connectivity index (χ1v) is 12.4. The average Bonchev–Trinajstić information content (AvgIpc) is 2.65. The van der Waals surface area contributed by atoms with Crippen molar-refractivity contribution in [3.63, 3.8) is 0 Å². The van der Waals surface area contributed by atoms with E-state index in [2.05, 4.69) is 16.0 Å². The highest BCUT2D eigenvalue weighted by molar-refractivity contribution is 14.1. The summed E-state index contributed by atoms with van der Waals surface area (Å²) in [6, 6.07) is 7.85. The lowest BCUT2D eigenvalue weighted by atomic mass is 9.92. The number of benzene rings is 1. The van der Waals surface area contributed by atoms with Crippen molar-refractivity contribution in [2.75, 3.05) is 0 Å². The fraction of sp³-hybridized carbons (Fsp3) is 0.300. The molecule has 2 rings (SSSR count). The Morgan fingerprint density at radius 3 is 2.10 bits per heavy atom. The van der Waals surface area contributed by atoms with Crippen molar-refractivity contribution in [2.45, 2.75) is 35.9 Å². The molecule has 0 spiro atoms. The first-order chi connectivity index (χ1) is 14.5. The third-order valence-corrected chi connectivity index (χ3v) is 8.01. The molecule has 1 aliphatic carbocycles. The van der Waals surface area contributed by atoms with E-state index in [0.29, 0.717) is 7.16 Å². The summed E-state index contributed by atoms with van der Waals surface area (Å²) in [6.45, 7) is 2.64. The third-order valence-electron chi connectivity index (χ3n) is 4.40. The topological polar surface area (TPSA) is 125 Å². The Labute approximate surface area is 220 Å². The van der Waals surface area contributed by atoms with Crippen LogP contribution in [-0.2, 0) is 25.6 Å². The number of alkyl halides is 1. The standard InChI is InChI=1S/C20H20I3N3O5/c1-10(27)25-20(26-11(2)28)15(22)9-13(21)16(17(20)23)18(29)24-14(19(30)31)8-12-6-4-3-5-7-12/h3-7,9,14,17H,8H2,1-2H3,(H,24,29)(H,25,27)(H,26,28)(H,30,31)/t14-,17?/m0/s1. The lowest BCUT2D eigenvalue weighted by molar-refractivity contribution is -0.141. The molecule has 1 aromatic carbocycles. The van der Waals surface area contributed by atoms with Crippen molar-refractivity contribution in [3.05, 3.63) is 54.7 Å². The van der Waals surface area contributed by atoms with Crippen LogP contribution in [0.25, 0.3) is 0 Å². The molecule has 31 heavy (non-hydrogen) atoms. The van der Waals surface area contributed by atoms with Gasteiger partial charge in [-0.25, -0.2) is 4.79 Å². The second kappa shape index (κ2) is 11.1. The minimum atomic E-state index is -1.32. The molecule has 0 fully saturated rings. The number of nitrogens with one attached hydrogen (secondary N) is 3. The Hall–Kier alpha value is -1.23. The maximum Gasteiger partial charge on any atom is 0.326 e. The highest BCUT2D eigenvalue weighted by Gasteiger charge is 2.48. The van der Waals surface area contributed by atoms with Gasteiger partial charge in [-0.3, -0.25) is 14.4 Å². The highest BCUT2D eigenvalue weighted by atomic mass is 127. The van der Waals surface area contributed by atoms with Gasteiger partial charge in [0.05, 0.1) is 3.92 Å². The minimum absolute atomic E-state index is 0.119. The fourth-order valence-corrected chi connectivity index (χ4v) is 7.92. The van der Waals surface area contributed by atoms with Gasteiger partial charge in [-0.05, 0) is 56.8 Å². The van der Waals surface area contributed by atoms with Crippen LogP contribution < -0.4 is 16.0 Å². The number of carbonyl (C=O) groups excluding carboxylic acids is 3. The summed E-state index contributed by atoms with van der Waals surface area (Å²) in [7, 11) is 0. The van der Waals surface area contributed by atoms with Crippen LogP contribution >= 0.6 is 67.8 Å². The number of hydrogen-bond acceptors (Lipinski definition) is 4. The summed E-state index contributed by atoms with van der Waals surface area (Å²) in [5.74, 6) is -2.51. The van der Waals surface area contributed by atoms with E-state index in [9.17, 15) is 24.3 Å². The third kappa shape index (κ3) is 6.40. The maximum atomic E-state index is 13.2. The summed E-state index contributed by atoms with van der Waals surface area (Å²) in [6.07, 6.45) is 1.80. The Kier molecular flexibility index (Phi) is 9.29. The van der Waals surface area contributed by atoms with Crippen LogP contribution in [0, 0.1) is 0 Å². The van der Waals surface area contributed by atoms with Crippen molar-refractivity contribution in [1.82, 2.24) is 16.0 Å². The number of allylic oxidation sites excluding steroid dienone is 2. The van der Waals surface area contributed by atoms with Crippen molar-refractivity contribution < 1.29 is 24.3 Å². The molecule has 11 heteroatoms. The van der Waals surface area contributed by atoms with E-state index in [1.807, 2.05) is 73.8 Å². The molecule has 166 valence electrons. The Balaban J connectivity index is 2.38. The number of hydrogen-bond donors (Lipinski definition) is 4. The van der Waals surface area contributed by atoms with E-state index in [1.54, 1.807) is 30.3 Å². The number of rotatable bonds is 7. The first-order valence-electron chi connectivity index (χ1n) is 9.04. The zero-order valence-electron chi connectivity index (χ0n) is 16.5. The number of carboxylic acids is 1. The van der Waals surface area contributed by atoms with E-state index in [-0.39, 0.29) is 23.8 Å². The van der Waals surface area contributed by atoms with E-state index in [1.165, 1.54) is 13.8 Å². The predicted octanol–water partition coefficient (Wildman–Crippen LogP) is 2.59. The number of carboxylic acid groups (broad SMARTS) is 1. The molecule has 0 aromatic heterocycles. The zero-order valence-corrected chi connectivity index (χ0v) is 23.0. The van der Waals surface area contributed by atoms with Crippen molar-refractivity contribution >= 4 is 91.5 Å². The van der Waals surface area contributed by atoms with Gasteiger partial charge in [0, 0.05) is 33.0 Å².